The fourth-order valence-electron chi connectivity index (χ4n) is 4.38. The molecule has 2 heterocycles. The van der Waals surface area contributed by atoms with Crippen LogP contribution in [0.1, 0.15) is 25.7 Å². The number of nitrogens with zero attached hydrogens (tertiary/aromatic N) is 1. The number of ether oxygens (including phenoxy) is 1. The van der Waals surface area contributed by atoms with Crippen molar-refractivity contribution >= 4 is 21.6 Å². The number of rotatable bonds is 4. The van der Waals surface area contributed by atoms with E-state index in [0.717, 1.165) is 18.6 Å². The summed E-state index contributed by atoms with van der Waals surface area (Å²) >= 11 is 0. The minimum Gasteiger partial charge on any atom is -0.497 e. The van der Waals surface area contributed by atoms with Crippen LogP contribution in [0.25, 0.3) is 0 Å². The predicted molar refractivity (Wildman–Crippen MR) is 107 cm³/mol. The second-order valence-electron chi connectivity index (χ2n) is 7.40. The third kappa shape index (κ3) is 3.46. The number of carbonyl (C=O) groups excluding carboxylic acids is 1. The second kappa shape index (κ2) is 7.47. The van der Waals surface area contributed by atoms with Gasteiger partial charge in [0.15, 0.2) is 9.84 Å². The summed E-state index contributed by atoms with van der Waals surface area (Å²) in [5.74, 6) is 0.727. The summed E-state index contributed by atoms with van der Waals surface area (Å²) in [7, 11) is -1.78. The molecule has 2 fully saturated rings. The van der Waals surface area contributed by atoms with Crippen molar-refractivity contribution in [2.75, 3.05) is 12.4 Å². The molecule has 2 atom stereocenters. The molecule has 2 aliphatic rings. The molecule has 2 amide bonds. The zero-order valence-electron chi connectivity index (χ0n) is 15.7. The molecule has 2 aromatic rings. The third-order valence-electron chi connectivity index (χ3n) is 5.78. The van der Waals surface area contributed by atoms with Crippen LogP contribution in [0.3, 0.4) is 0 Å². The average Bonchev–Trinajstić information content (AvgIpc) is 2.98. The zero-order chi connectivity index (χ0) is 19.7. The Morgan fingerprint density at radius 1 is 1.00 bits per heavy atom. The molecule has 2 aromatic carbocycles. The number of benzene rings is 2. The van der Waals surface area contributed by atoms with Crippen LogP contribution in [-0.4, -0.2) is 43.8 Å². The highest BCUT2D eigenvalue weighted by Gasteiger charge is 2.47. The number of piperidine rings is 1. The van der Waals surface area contributed by atoms with E-state index in [2.05, 4.69) is 5.32 Å². The van der Waals surface area contributed by atoms with Crippen LogP contribution in [0.4, 0.5) is 10.5 Å². The van der Waals surface area contributed by atoms with Crippen molar-refractivity contribution in [1.82, 2.24) is 4.90 Å². The van der Waals surface area contributed by atoms with Crippen LogP contribution in [0.2, 0.25) is 0 Å². The molecule has 0 aromatic heterocycles. The molecule has 2 aliphatic heterocycles. The Kier molecular flexibility index (Phi) is 5.02. The van der Waals surface area contributed by atoms with E-state index < -0.39 is 15.1 Å². The molecule has 4 rings (SSSR count). The molecule has 2 bridgehead atoms. The molecule has 6 nitrogen and oxygen atoms in total. The van der Waals surface area contributed by atoms with Gasteiger partial charge in [0.1, 0.15) is 5.75 Å². The maximum Gasteiger partial charge on any atom is 0.322 e. The van der Waals surface area contributed by atoms with Gasteiger partial charge in [-0.1, -0.05) is 18.2 Å². The summed E-state index contributed by atoms with van der Waals surface area (Å²) in [4.78, 5) is 15.1. The lowest BCUT2D eigenvalue weighted by Crippen LogP contribution is -2.51. The molecule has 7 heteroatoms. The van der Waals surface area contributed by atoms with Crippen LogP contribution in [0.5, 0.6) is 5.75 Å². The predicted octanol–water partition coefficient (Wildman–Crippen LogP) is 3.70. The first-order valence-corrected chi connectivity index (χ1v) is 11.1. The van der Waals surface area contributed by atoms with Crippen LogP contribution < -0.4 is 10.1 Å². The van der Waals surface area contributed by atoms with Crippen LogP contribution >= 0.6 is 0 Å². The SMILES string of the molecule is COc1ccc(NC(=O)N2C3CCC2CC(S(=O)(=O)c2ccccc2)C3)cc1. The van der Waals surface area contributed by atoms with E-state index in [0.29, 0.717) is 23.4 Å². The van der Waals surface area contributed by atoms with Crippen molar-refractivity contribution in [1.29, 1.82) is 0 Å². The number of anilines is 1. The van der Waals surface area contributed by atoms with Gasteiger partial charge in [0, 0.05) is 17.8 Å². The Morgan fingerprint density at radius 2 is 1.61 bits per heavy atom. The number of hydrogen-bond donors (Lipinski definition) is 1. The number of urea groups is 1. The first-order valence-electron chi connectivity index (χ1n) is 9.51. The van der Waals surface area contributed by atoms with Gasteiger partial charge in [-0.05, 0) is 62.1 Å². The highest BCUT2D eigenvalue weighted by atomic mass is 32.2. The monoisotopic (exact) mass is 400 g/mol. The van der Waals surface area contributed by atoms with Crippen molar-refractivity contribution in [3.05, 3.63) is 54.6 Å². The number of sulfone groups is 1. The number of amides is 2. The van der Waals surface area contributed by atoms with Gasteiger partial charge >= 0.3 is 6.03 Å². The van der Waals surface area contributed by atoms with Crippen LogP contribution in [0, 0.1) is 0 Å². The molecule has 28 heavy (non-hydrogen) atoms. The topological polar surface area (TPSA) is 75.7 Å². The first-order chi connectivity index (χ1) is 13.5. The Labute approximate surface area is 165 Å². The molecule has 148 valence electrons. The van der Waals surface area contributed by atoms with E-state index in [9.17, 15) is 13.2 Å². The van der Waals surface area contributed by atoms with Gasteiger partial charge in [-0.3, -0.25) is 0 Å². The van der Waals surface area contributed by atoms with E-state index >= 15 is 0 Å². The highest BCUT2D eigenvalue weighted by Crippen LogP contribution is 2.40. The zero-order valence-corrected chi connectivity index (χ0v) is 16.6. The van der Waals surface area contributed by atoms with Gasteiger partial charge in [0.25, 0.3) is 0 Å². The van der Waals surface area contributed by atoms with Gasteiger partial charge in [0.2, 0.25) is 0 Å². The molecule has 0 spiro atoms. The number of methoxy groups -OCH3 is 1. The summed E-state index contributed by atoms with van der Waals surface area (Å²) in [6, 6.07) is 15.6. The molecular formula is C21H24N2O4S. The lowest BCUT2D eigenvalue weighted by atomic mass is 10.0. The molecule has 0 aliphatic carbocycles. The molecular weight excluding hydrogens is 376 g/mol. The number of nitrogens with one attached hydrogen (secondary N) is 1. The summed E-state index contributed by atoms with van der Waals surface area (Å²) in [6.45, 7) is 0. The Bertz CT molecular complexity index is 930. The lowest BCUT2D eigenvalue weighted by Gasteiger charge is -2.38. The summed E-state index contributed by atoms with van der Waals surface area (Å²) in [5.41, 5.74) is 0.698. The summed E-state index contributed by atoms with van der Waals surface area (Å²) in [5, 5.41) is 2.50. The molecule has 2 saturated heterocycles. The van der Waals surface area contributed by atoms with Crippen molar-refractivity contribution in [2.24, 2.45) is 0 Å². The summed E-state index contributed by atoms with van der Waals surface area (Å²) in [6.07, 6.45) is 2.68. The third-order valence-corrected chi connectivity index (χ3v) is 7.97. The molecule has 2 unspecified atom stereocenters. The number of hydrogen-bond acceptors (Lipinski definition) is 4. The molecule has 1 N–H and O–H groups in total. The van der Waals surface area contributed by atoms with Gasteiger partial charge in [0.05, 0.1) is 17.3 Å². The smallest absolute Gasteiger partial charge is 0.322 e. The maximum absolute atomic E-state index is 13.0. The van der Waals surface area contributed by atoms with Gasteiger partial charge < -0.3 is 15.0 Å². The van der Waals surface area contributed by atoms with E-state index in [4.69, 9.17) is 4.74 Å². The van der Waals surface area contributed by atoms with Crippen molar-refractivity contribution in [3.8, 4) is 5.75 Å². The summed E-state index contributed by atoms with van der Waals surface area (Å²) < 4.78 is 31.1. The highest BCUT2D eigenvalue weighted by molar-refractivity contribution is 7.92. The van der Waals surface area contributed by atoms with Gasteiger partial charge in [-0.2, -0.15) is 0 Å². The fourth-order valence-corrected chi connectivity index (χ4v) is 6.25. The Balaban J connectivity index is 1.47. The molecule has 0 radical (unpaired) electrons. The normalized spacial score (nSPS) is 24.0. The van der Waals surface area contributed by atoms with Gasteiger partial charge in [-0.15, -0.1) is 0 Å². The first kappa shape index (κ1) is 18.8. The van der Waals surface area contributed by atoms with Crippen LogP contribution in [-0.2, 0) is 9.84 Å². The second-order valence-corrected chi connectivity index (χ2v) is 9.63. The van der Waals surface area contributed by atoms with E-state index in [-0.39, 0.29) is 18.1 Å². The Hall–Kier alpha value is -2.54. The maximum atomic E-state index is 13.0. The average molecular weight is 401 g/mol. The minimum absolute atomic E-state index is 0.0412. The van der Waals surface area contributed by atoms with Crippen molar-refractivity contribution in [3.63, 3.8) is 0 Å². The van der Waals surface area contributed by atoms with Crippen molar-refractivity contribution < 1.29 is 17.9 Å². The van der Waals surface area contributed by atoms with Gasteiger partial charge in [-0.25, -0.2) is 13.2 Å². The lowest BCUT2D eigenvalue weighted by molar-refractivity contribution is 0.160. The quantitative estimate of drug-likeness (QED) is 0.849. The Morgan fingerprint density at radius 3 is 2.18 bits per heavy atom. The largest absolute Gasteiger partial charge is 0.497 e. The van der Waals surface area contributed by atoms with E-state index in [1.165, 1.54) is 0 Å². The van der Waals surface area contributed by atoms with Crippen LogP contribution in [0.15, 0.2) is 59.5 Å². The number of carbonyl (C=O) groups is 1. The standard InChI is InChI=1S/C21H24N2O4S/c1-27-18-11-7-15(8-12-18)22-21(24)23-16-9-10-17(23)14-20(13-16)28(25,26)19-5-3-2-4-6-19/h2-8,11-12,16-17,20H,9-10,13-14H2,1H3,(H,22,24). The number of fused-ring (bicyclic) bond motifs is 2. The van der Waals surface area contributed by atoms with E-state index in [1.54, 1.807) is 55.6 Å². The van der Waals surface area contributed by atoms with Crippen molar-refractivity contribution in [2.45, 2.75) is 47.9 Å². The minimum atomic E-state index is -3.38. The fraction of sp³-hybridized carbons (Fsp3) is 0.381. The van der Waals surface area contributed by atoms with E-state index in [1.807, 2.05) is 11.0 Å². The molecule has 0 saturated carbocycles.